The van der Waals surface area contributed by atoms with Crippen molar-refractivity contribution in [2.75, 3.05) is 11.9 Å². The Morgan fingerprint density at radius 2 is 2.12 bits per heavy atom. The lowest BCUT2D eigenvalue weighted by Gasteiger charge is -2.07. The summed E-state index contributed by atoms with van der Waals surface area (Å²) in [6, 6.07) is 11.1. The Bertz CT molecular complexity index is 798. The van der Waals surface area contributed by atoms with Crippen molar-refractivity contribution in [3.8, 4) is 0 Å². The first-order valence-corrected chi connectivity index (χ1v) is 7.88. The Kier molecular flexibility index (Phi) is 6.28. The van der Waals surface area contributed by atoms with Gasteiger partial charge in [-0.25, -0.2) is 5.43 Å². The first-order valence-electron chi connectivity index (χ1n) is 6.71. The fraction of sp³-hybridized carbons (Fsp3) is 0.0667. The molecule has 0 saturated carbocycles. The van der Waals surface area contributed by atoms with Gasteiger partial charge in [-0.3, -0.25) is 14.9 Å². The molecule has 0 aliphatic carbocycles. The van der Waals surface area contributed by atoms with Gasteiger partial charge in [0.2, 0.25) is 0 Å². The van der Waals surface area contributed by atoms with E-state index in [1.165, 1.54) is 18.3 Å². The number of amides is 1. The van der Waals surface area contributed by atoms with Crippen molar-refractivity contribution in [2.45, 2.75) is 0 Å². The van der Waals surface area contributed by atoms with Crippen LogP contribution in [0.4, 0.5) is 11.4 Å². The second-order valence-electron chi connectivity index (χ2n) is 4.62. The molecule has 0 aliphatic rings. The number of hydrogen-bond donors (Lipinski definition) is 2. The molecule has 0 aliphatic heterocycles. The van der Waals surface area contributed by atoms with Gasteiger partial charge in [0.25, 0.3) is 11.6 Å². The van der Waals surface area contributed by atoms with E-state index in [4.69, 9.17) is 11.6 Å². The Hall–Kier alpha value is -2.45. The van der Waals surface area contributed by atoms with E-state index < -0.39 is 4.92 Å². The summed E-state index contributed by atoms with van der Waals surface area (Å²) in [5.74, 6) is -0.362. The van der Waals surface area contributed by atoms with Crippen LogP contribution >= 0.6 is 27.5 Å². The Labute approximate surface area is 151 Å². The molecule has 0 bridgehead atoms. The molecule has 0 radical (unpaired) electrons. The maximum absolute atomic E-state index is 11.7. The normalized spacial score (nSPS) is 10.6. The Morgan fingerprint density at radius 3 is 2.83 bits per heavy atom. The number of non-ortho nitro benzene ring substituents is 1. The highest BCUT2D eigenvalue weighted by Crippen LogP contribution is 2.25. The number of rotatable bonds is 6. The number of nitro benzene ring substituents is 1. The minimum absolute atomic E-state index is 0.00646. The number of halogens is 2. The summed E-state index contributed by atoms with van der Waals surface area (Å²) in [4.78, 5) is 21.9. The van der Waals surface area contributed by atoms with Gasteiger partial charge in [-0.2, -0.15) is 5.10 Å². The first-order chi connectivity index (χ1) is 11.5. The standard InChI is InChI=1S/C15H12BrClN4O3/c16-13-7-11(17)4-5-14(13)18-9-15(22)20-19-8-10-2-1-3-12(6-10)21(23)24/h1-8,18H,9H2,(H,20,22). The lowest BCUT2D eigenvalue weighted by Crippen LogP contribution is -2.26. The maximum Gasteiger partial charge on any atom is 0.270 e. The summed E-state index contributed by atoms with van der Waals surface area (Å²) >= 11 is 9.17. The van der Waals surface area contributed by atoms with Gasteiger partial charge in [-0.1, -0.05) is 23.7 Å². The van der Waals surface area contributed by atoms with Crippen molar-refractivity contribution < 1.29 is 9.72 Å². The molecule has 0 unspecified atom stereocenters. The Balaban J connectivity index is 1.86. The zero-order valence-corrected chi connectivity index (χ0v) is 14.5. The number of anilines is 1. The molecule has 0 heterocycles. The van der Waals surface area contributed by atoms with Crippen LogP contribution in [0.5, 0.6) is 0 Å². The molecule has 0 aromatic heterocycles. The van der Waals surface area contributed by atoms with Gasteiger partial charge < -0.3 is 5.32 Å². The molecule has 9 heteroatoms. The van der Waals surface area contributed by atoms with Crippen molar-refractivity contribution >= 4 is 51.0 Å². The molecule has 0 atom stereocenters. The quantitative estimate of drug-likeness (QED) is 0.431. The van der Waals surface area contributed by atoms with E-state index >= 15 is 0 Å². The predicted octanol–water partition coefficient (Wildman–Crippen LogP) is 3.57. The van der Waals surface area contributed by atoms with Crippen molar-refractivity contribution in [3.63, 3.8) is 0 Å². The maximum atomic E-state index is 11.7. The van der Waals surface area contributed by atoms with Gasteiger partial charge in [-0.05, 0) is 34.1 Å². The first kappa shape index (κ1) is 17.9. The van der Waals surface area contributed by atoms with Crippen LogP contribution in [0.1, 0.15) is 5.56 Å². The fourth-order valence-electron chi connectivity index (χ4n) is 1.75. The smallest absolute Gasteiger partial charge is 0.270 e. The predicted molar refractivity (Wildman–Crippen MR) is 96.5 cm³/mol. The highest BCUT2D eigenvalue weighted by molar-refractivity contribution is 9.10. The second kappa shape index (κ2) is 8.42. The molecule has 2 aromatic rings. The van der Waals surface area contributed by atoms with Gasteiger partial charge in [0.15, 0.2) is 0 Å². The van der Waals surface area contributed by atoms with Crippen molar-refractivity contribution in [3.05, 3.63) is 67.6 Å². The number of nitro groups is 1. The fourth-order valence-corrected chi connectivity index (χ4v) is 2.57. The van der Waals surface area contributed by atoms with Gasteiger partial charge in [-0.15, -0.1) is 0 Å². The third-order valence-electron chi connectivity index (χ3n) is 2.85. The largest absolute Gasteiger partial charge is 0.375 e. The van der Waals surface area contributed by atoms with E-state index in [1.807, 2.05) is 0 Å². The number of hydrogen-bond acceptors (Lipinski definition) is 5. The molecule has 24 heavy (non-hydrogen) atoms. The molecule has 2 aromatic carbocycles. The van der Waals surface area contributed by atoms with Crippen LogP contribution in [0.25, 0.3) is 0 Å². The lowest BCUT2D eigenvalue weighted by atomic mass is 10.2. The van der Waals surface area contributed by atoms with Crippen LogP contribution in [0.2, 0.25) is 5.02 Å². The summed E-state index contributed by atoms with van der Waals surface area (Å²) in [6.07, 6.45) is 1.34. The monoisotopic (exact) mass is 410 g/mol. The highest BCUT2D eigenvalue weighted by Gasteiger charge is 2.05. The van der Waals surface area contributed by atoms with E-state index in [-0.39, 0.29) is 18.1 Å². The number of hydrazone groups is 1. The molecular formula is C15H12BrClN4O3. The number of nitrogens with one attached hydrogen (secondary N) is 2. The number of carbonyl (C=O) groups is 1. The molecule has 7 nitrogen and oxygen atoms in total. The number of benzene rings is 2. The van der Waals surface area contributed by atoms with Gasteiger partial charge >= 0.3 is 0 Å². The molecule has 2 N–H and O–H groups in total. The summed E-state index contributed by atoms with van der Waals surface area (Å²) in [5, 5.41) is 18.0. The molecule has 2 rings (SSSR count). The average molecular weight is 412 g/mol. The third kappa shape index (κ3) is 5.32. The van der Waals surface area contributed by atoms with E-state index in [2.05, 4.69) is 31.8 Å². The number of carbonyl (C=O) groups excluding carboxylic acids is 1. The lowest BCUT2D eigenvalue weighted by molar-refractivity contribution is -0.384. The molecule has 0 saturated heterocycles. The van der Waals surface area contributed by atoms with Crippen molar-refractivity contribution in [1.29, 1.82) is 0 Å². The van der Waals surface area contributed by atoms with Crippen LogP contribution < -0.4 is 10.7 Å². The zero-order valence-electron chi connectivity index (χ0n) is 12.2. The average Bonchev–Trinajstić information content (AvgIpc) is 2.54. The third-order valence-corrected chi connectivity index (χ3v) is 3.75. The van der Waals surface area contributed by atoms with Crippen LogP contribution in [-0.2, 0) is 4.79 Å². The molecule has 0 spiro atoms. The summed E-state index contributed by atoms with van der Waals surface area (Å²) in [5.41, 5.74) is 3.53. The van der Waals surface area contributed by atoms with Crippen LogP contribution in [0.15, 0.2) is 52.0 Å². The minimum Gasteiger partial charge on any atom is -0.375 e. The minimum atomic E-state index is -0.496. The van der Waals surface area contributed by atoms with E-state index in [9.17, 15) is 14.9 Å². The zero-order chi connectivity index (χ0) is 17.5. The second-order valence-corrected chi connectivity index (χ2v) is 5.91. The molecule has 0 fully saturated rings. The van der Waals surface area contributed by atoms with Crippen molar-refractivity contribution in [2.24, 2.45) is 5.10 Å². The van der Waals surface area contributed by atoms with Gasteiger partial charge in [0.05, 0.1) is 17.7 Å². The van der Waals surface area contributed by atoms with Crippen LogP contribution in [0, 0.1) is 10.1 Å². The topological polar surface area (TPSA) is 96.6 Å². The summed E-state index contributed by atoms with van der Waals surface area (Å²) in [6.45, 7) is 0.00646. The van der Waals surface area contributed by atoms with Gasteiger partial charge in [0, 0.05) is 32.9 Å². The van der Waals surface area contributed by atoms with E-state index in [0.29, 0.717) is 10.6 Å². The van der Waals surface area contributed by atoms with Gasteiger partial charge in [0.1, 0.15) is 0 Å². The Morgan fingerprint density at radius 1 is 1.33 bits per heavy atom. The van der Waals surface area contributed by atoms with Crippen LogP contribution in [0.3, 0.4) is 0 Å². The summed E-state index contributed by atoms with van der Waals surface area (Å²) in [7, 11) is 0. The summed E-state index contributed by atoms with van der Waals surface area (Å²) < 4.78 is 0.739. The van der Waals surface area contributed by atoms with E-state index in [0.717, 1.165) is 10.2 Å². The number of nitrogens with zero attached hydrogens (tertiary/aromatic N) is 2. The van der Waals surface area contributed by atoms with Crippen molar-refractivity contribution in [1.82, 2.24) is 5.43 Å². The molecular weight excluding hydrogens is 400 g/mol. The van der Waals surface area contributed by atoms with E-state index in [1.54, 1.807) is 30.3 Å². The molecule has 1 amide bonds. The SMILES string of the molecule is O=C(CNc1ccc(Cl)cc1Br)NN=Cc1cccc([N+](=O)[O-])c1. The molecule has 124 valence electrons. The van der Waals surface area contributed by atoms with Crippen LogP contribution in [-0.4, -0.2) is 23.6 Å². The highest BCUT2D eigenvalue weighted by atomic mass is 79.9.